The molecule has 0 amide bonds. The van der Waals surface area contributed by atoms with Crippen molar-refractivity contribution in [1.82, 2.24) is 0 Å². The van der Waals surface area contributed by atoms with Crippen molar-refractivity contribution < 1.29 is 24.3 Å². The molecule has 3 rings (SSSR count). The van der Waals surface area contributed by atoms with E-state index in [1.807, 2.05) is 18.2 Å². The molecule has 6 heteroatoms. The monoisotopic (exact) mass is 370 g/mol. The molecule has 0 saturated carbocycles. The van der Waals surface area contributed by atoms with Gasteiger partial charge in [-0.3, -0.25) is 0 Å². The number of ether oxygens (including phenoxy) is 2. The smallest absolute Gasteiger partial charge is 0.336 e. The number of fused-ring (bicyclic) bond motifs is 1. The SMILES string of the molecule is COc1ccc(CC[NH2+]Cc2cc(=O)oc3c(C)c(O)ccc23)cc1OC. The van der Waals surface area contributed by atoms with Gasteiger partial charge in [0.2, 0.25) is 0 Å². The van der Waals surface area contributed by atoms with Crippen LogP contribution in [0.3, 0.4) is 0 Å². The maximum atomic E-state index is 11.9. The first kappa shape index (κ1) is 18.8. The van der Waals surface area contributed by atoms with E-state index >= 15 is 0 Å². The molecule has 6 nitrogen and oxygen atoms in total. The van der Waals surface area contributed by atoms with Crippen LogP contribution in [-0.2, 0) is 13.0 Å². The summed E-state index contributed by atoms with van der Waals surface area (Å²) in [4.78, 5) is 11.9. The van der Waals surface area contributed by atoms with Crippen LogP contribution in [0.1, 0.15) is 16.7 Å². The van der Waals surface area contributed by atoms with Crippen molar-refractivity contribution in [3.05, 3.63) is 63.5 Å². The summed E-state index contributed by atoms with van der Waals surface area (Å²) in [6.07, 6.45) is 0.861. The highest BCUT2D eigenvalue weighted by Gasteiger charge is 2.12. The van der Waals surface area contributed by atoms with Gasteiger partial charge in [-0.2, -0.15) is 0 Å². The molecule has 1 heterocycles. The average Bonchev–Trinajstić information content (AvgIpc) is 2.68. The molecule has 0 fully saturated rings. The largest absolute Gasteiger partial charge is 0.508 e. The number of methoxy groups -OCH3 is 2. The van der Waals surface area contributed by atoms with Crippen LogP contribution in [0.15, 0.2) is 45.6 Å². The summed E-state index contributed by atoms with van der Waals surface area (Å²) in [6, 6.07) is 10.8. The van der Waals surface area contributed by atoms with Crippen LogP contribution < -0.4 is 20.4 Å². The molecule has 142 valence electrons. The molecule has 0 radical (unpaired) electrons. The number of phenolic OH excluding ortho intramolecular Hbond substituents is 1. The van der Waals surface area contributed by atoms with Crippen LogP contribution in [0.4, 0.5) is 0 Å². The minimum Gasteiger partial charge on any atom is -0.508 e. The standard InChI is InChI=1S/C21H23NO5/c1-13-17(23)6-5-16-15(11-20(24)27-21(13)16)12-22-9-8-14-4-7-18(25-2)19(10-14)26-3/h4-7,10-11,22-23H,8-9,12H2,1-3H3/p+1. The van der Waals surface area contributed by atoms with Crippen molar-refractivity contribution in [3.8, 4) is 17.2 Å². The highest BCUT2D eigenvalue weighted by Crippen LogP contribution is 2.28. The molecule has 1 aromatic heterocycles. The zero-order valence-corrected chi connectivity index (χ0v) is 15.7. The number of aromatic hydroxyl groups is 1. The van der Waals surface area contributed by atoms with Crippen molar-refractivity contribution in [2.24, 2.45) is 0 Å². The predicted octanol–water partition coefficient (Wildman–Crippen LogP) is 2.13. The third-order valence-electron chi connectivity index (χ3n) is 4.67. The van der Waals surface area contributed by atoms with Gasteiger partial charge in [-0.1, -0.05) is 6.07 Å². The Balaban J connectivity index is 1.69. The fraction of sp³-hybridized carbons (Fsp3) is 0.286. The molecule has 0 unspecified atom stereocenters. The highest BCUT2D eigenvalue weighted by atomic mass is 16.5. The van der Waals surface area contributed by atoms with Crippen molar-refractivity contribution in [2.75, 3.05) is 20.8 Å². The first-order chi connectivity index (χ1) is 13.0. The molecule has 27 heavy (non-hydrogen) atoms. The highest BCUT2D eigenvalue weighted by molar-refractivity contribution is 5.84. The molecule has 0 aliphatic rings. The van der Waals surface area contributed by atoms with E-state index in [2.05, 4.69) is 5.32 Å². The zero-order valence-electron chi connectivity index (χ0n) is 15.7. The van der Waals surface area contributed by atoms with E-state index in [0.29, 0.717) is 23.4 Å². The van der Waals surface area contributed by atoms with Crippen LogP contribution in [0.25, 0.3) is 11.0 Å². The van der Waals surface area contributed by atoms with Crippen molar-refractivity contribution >= 4 is 11.0 Å². The van der Waals surface area contributed by atoms with E-state index in [-0.39, 0.29) is 5.75 Å². The first-order valence-electron chi connectivity index (χ1n) is 8.81. The van der Waals surface area contributed by atoms with Gasteiger partial charge >= 0.3 is 5.63 Å². The first-order valence-corrected chi connectivity index (χ1v) is 8.81. The summed E-state index contributed by atoms with van der Waals surface area (Å²) >= 11 is 0. The number of quaternary nitrogens is 1. The quantitative estimate of drug-likeness (QED) is 0.492. The van der Waals surface area contributed by atoms with Crippen LogP contribution in [0, 0.1) is 6.92 Å². The van der Waals surface area contributed by atoms with Crippen LogP contribution in [-0.4, -0.2) is 25.9 Å². The van der Waals surface area contributed by atoms with Gasteiger partial charge in [0.15, 0.2) is 11.5 Å². The second-order valence-electron chi connectivity index (χ2n) is 6.40. The Morgan fingerprint density at radius 1 is 1.07 bits per heavy atom. The summed E-state index contributed by atoms with van der Waals surface area (Å²) in [5.74, 6) is 1.56. The minimum absolute atomic E-state index is 0.125. The topological polar surface area (TPSA) is 85.5 Å². The normalized spacial score (nSPS) is 10.9. The predicted molar refractivity (Wildman–Crippen MR) is 103 cm³/mol. The minimum atomic E-state index is -0.403. The Morgan fingerprint density at radius 3 is 2.59 bits per heavy atom. The van der Waals surface area contributed by atoms with E-state index in [9.17, 15) is 9.90 Å². The Morgan fingerprint density at radius 2 is 1.85 bits per heavy atom. The molecule has 0 bridgehead atoms. The number of benzene rings is 2. The van der Waals surface area contributed by atoms with E-state index in [1.54, 1.807) is 33.3 Å². The average molecular weight is 370 g/mol. The van der Waals surface area contributed by atoms with E-state index in [1.165, 1.54) is 6.07 Å². The van der Waals surface area contributed by atoms with Gasteiger partial charge in [-0.05, 0) is 36.8 Å². The number of aryl methyl sites for hydroxylation is 1. The molecule has 0 atom stereocenters. The maximum Gasteiger partial charge on any atom is 0.336 e. The van der Waals surface area contributed by atoms with Gasteiger partial charge in [0.05, 0.1) is 20.8 Å². The lowest BCUT2D eigenvalue weighted by molar-refractivity contribution is -0.670. The lowest BCUT2D eigenvalue weighted by Crippen LogP contribution is -2.83. The zero-order chi connectivity index (χ0) is 19.4. The van der Waals surface area contributed by atoms with E-state index in [0.717, 1.165) is 35.2 Å². The van der Waals surface area contributed by atoms with Crippen molar-refractivity contribution in [3.63, 3.8) is 0 Å². The second kappa shape index (κ2) is 8.14. The summed E-state index contributed by atoms with van der Waals surface area (Å²) in [7, 11) is 3.24. The summed E-state index contributed by atoms with van der Waals surface area (Å²) in [5.41, 5.74) is 2.68. The number of hydrogen-bond acceptors (Lipinski definition) is 5. The van der Waals surface area contributed by atoms with Crippen molar-refractivity contribution in [1.29, 1.82) is 0 Å². The van der Waals surface area contributed by atoms with Gasteiger partial charge in [-0.15, -0.1) is 0 Å². The summed E-state index contributed by atoms with van der Waals surface area (Å²) in [6.45, 7) is 3.25. The van der Waals surface area contributed by atoms with E-state index < -0.39 is 5.63 Å². The molecule has 0 saturated heterocycles. The molecule has 0 aliphatic carbocycles. The molecule has 0 spiro atoms. The molecular formula is C21H24NO5+. The van der Waals surface area contributed by atoms with Gasteiger partial charge in [-0.25, -0.2) is 4.79 Å². The fourth-order valence-corrected chi connectivity index (χ4v) is 3.15. The van der Waals surface area contributed by atoms with E-state index in [4.69, 9.17) is 13.9 Å². The molecule has 3 aromatic rings. The van der Waals surface area contributed by atoms with Crippen molar-refractivity contribution in [2.45, 2.75) is 19.9 Å². The summed E-state index contributed by atoms with van der Waals surface area (Å²) in [5, 5.41) is 12.8. The van der Waals surface area contributed by atoms with Crippen LogP contribution in [0.2, 0.25) is 0 Å². The lowest BCUT2D eigenvalue weighted by Gasteiger charge is -2.10. The fourth-order valence-electron chi connectivity index (χ4n) is 3.15. The van der Waals surface area contributed by atoms with Gasteiger partial charge in [0, 0.05) is 29.0 Å². The lowest BCUT2D eigenvalue weighted by atomic mass is 10.1. The molecular weight excluding hydrogens is 346 g/mol. The van der Waals surface area contributed by atoms with Crippen LogP contribution >= 0.6 is 0 Å². The molecule has 2 aromatic carbocycles. The Bertz CT molecular complexity index is 1010. The number of hydrogen-bond donors (Lipinski definition) is 2. The number of nitrogens with two attached hydrogens (primary N) is 1. The molecule has 3 N–H and O–H groups in total. The second-order valence-corrected chi connectivity index (χ2v) is 6.40. The Labute approximate surface area is 157 Å². The van der Waals surface area contributed by atoms with Gasteiger partial charge < -0.3 is 24.3 Å². The van der Waals surface area contributed by atoms with Gasteiger partial charge in [0.1, 0.15) is 17.9 Å². The Hall–Kier alpha value is -2.99. The maximum absolute atomic E-state index is 11.9. The summed E-state index contributed by atoms with van der Waals surface area (Å²) < 4.78 is 15.9. The Kier molecular flexibility index (Phi) is 5.66. The number of rotatable bonds is 7. The molecule has 0 aliphatic heterocycles. The number of phenols is 1. The third kappa shape index (κ3) is 4.06. The third-order valence-corrected chi connectivity index (χ3v) is 4.67. The van der Waals surface area contributed by atoms with Crippen LogP contribution in [0.5, 0.6) is 17.2 Å². The van der Waals surface area contributed by atoms with Gasteiger partial charge in [0.25, 0.3) is 0 Å².